The summed E-state index contributed by atoms with van der Waals surface area (Å²) in [6, 6.07) is -1.38. The van der Waals surface area contributed by atoms with Gasteiger partial charge in [0.1, 0.15) is 6.04 Å². The molecular weight excluding hydrogens is 191 g/mol. The molecule has 0 saturated carbocycles. The van der Waals surface area contributed by atoms with Crippen LogP contribution in [0.4, 0.5) is 4.39 Å². The van der Waals surface area contributed by atoms with Gasteiger partial charge in [-0.2, -0.15) is 0 Å². The number of hydrogen-bond acceptors (Lipinski definition) is 3. The Kier molecular flexibility index (Phi) is 6.54. The van der Waals surface area contributed by atoms with E-state index in [1.165, 1.54) is 0 Å². The van der Waals surface area contributed by atoms with E-state index >= 15 is 0 Å². The standard InChI is InChI=1S/C5H9FN2O3.ClH/c6-2(4(8)9)1-3(7)5(10)11;/h2-3H,1,7H2,(H2,8,9)(H,10,11);1H/t2-,3-;/m0./s1. The molecule has 0 bridgehead atoms. The molecule has 0 aliphatic rings. The van der Waals surface area contributed by atoms with Crippen molar-refractivity contribution in [2.75, 3.05) is 0 Å². The predicted octanol–water partition coefficient (Wildman–Crippen LogP) is -0.966. The first kappa shape index (κ1) is 13.7. The Hall–Kier alpha value is -0.880. The topological polar surface area (TPSA) is 106 Å². The van der Waals surface area contributed by atoms with Crippen LogP contribution < -0.4 is 11.5 Å². The van der Waals surface area contributed by atoms with Crippen LogP contribution >= 0.6 is 12.4 Å². The Balaban J connectivity index is 0. The predicted molar refractivity (Wildman–Crippen MR) is 41.6 cm³/mol. The normalized spacial score (nSPS) is 14.2. The summed E-state index contributed by atoms with van der Waals surface area (Å²) in [5.41, 5.74) is 9.43. The van der Waals surface area contributed by atoms with Gasteiger partial charge in [0, 0.05) is 6.42 Å². The number of nitrogens with two attached hydrogens (primary N) is 2. The third kappa shape index (κ3) is 4.86. The van der Waals surface area contributed by atoms with Gasteiger partial charge in [-0.1, -0.05) is 0 Å². The fourth-order valence-electron chi connectivity index (χ4n) is 0.440. The molecule has 0 spiro atoms. The molecule has 2 atom stereocenters. The molecule has 1 amide bonds. The molecule has 5 nitrogen and oxygen atoms in total. The molecule has 12 heavy (non-hydrogen) atoms. The number of primary amides is 1. The lowest BCUT2D eigenvalue weighted by Gasteiger charge is -2.06. The molecule has 7 heteroatoms. The van der Waals surface area contributed by atoms with Crippen LogP contribution in [-0.2, 0) is 9.59 Å². The third-order valence-electron chi connectivity index (χ3n) is 1.09. The molecule has 0 aromatic heterocycles. The van der Waals surface area contributed by atoms with E-state index in [9.17, 15) is 14.0 Å². The van der Waals surface area contributed by atoms with Gasteiger partial charge in [0.05, 0.1) is 0 Å². The summed E-state index contributed by atoms with van der Waals surface area (Å²) in [6.07, 6.45) is -2.56. The fraction of sp³-hybridized carbons (Fsp3) is 0.600. The van der Waals surface area contributed by atoms with Crippen LogP contribution in [0.3, 0.4) is 0 Å². The van der Waals surface area contributed by atoms with E-state index in [4.69, 9.17) is 10.8 Å². The minimum atomic E-state index is -1.99. The molecule has 0 aliphatic carbocycles. The number of carbonyl (C=O) groups excluding carboxylic acids is 1. The second kappa shape index (κ2) is 5.73. The van der Waals surface area contributed by atoms with Crippen LogP contribution in [0.2, 0.25) is 0 Å². The van der Waals surface area contributed by atoms with Crippen LogP contribution in [-0.4, -0.2) is 29.2 Å². The number of amides is 1. The summed E-state index contributed by atoms with van der Waals surface area (Å²) in [7, 11) is 0. The fourth-order valence-corrected chi connectivity index (χ4v) is 0.440. The lowest BCUT2D eigenvalue weighted by Crippen LogP contribution is -2.37. The SMILES string of the molecule is Cl.NC(=O)[C@@H](F)C[C@H](N)C(=O)O. The number of hydrogen-bond donors (Lipinski definition) is 3. The van der Waals surface area contributed by atoms with E-state index in [1.54, 1.807) is 0 Å². The van der Waals surface area contributed by atoms with Crippen LogP contribution in [0.1, 0.15) is 6.42 Å². The molecule has 0 fully saturated rings. The van der Waals surface area contributed by atoms with Gasteiger partial charge in [0.25, 0.3) is 5.91 Å². The highest BCUT2D eigenvalue weighted by atomic mass is 35.5. The van der Waals surface area contributed by atoms with Crippen molar-refractivity contribution in [3.63, 3.8) is 0 Å². The van der Waals surface area contributed by atoms with Crippen molar-refractivity contribution in [2.24, 2.45) is 11.5 Å². The van der Waals surface area contributed by atoms with Crippen molar-refractivity contribution < 1.29 is 19.1 Å². The van der Waals surface area contributed by atoms with Gasteiger partial charge in [-0.25, -0.2) is 4.39 Å². The molecule has 0 rings (SSSR count). The number of alkyl halides is 1. The highest BCUT2D eigenvalue weighted by molar-refractivity contribution is 5.85. The Bertz CT molecular complexity index is 160. The van der Waals surface area contributed by atoms with Crippen LogP contribution in [0, 0.1) is 0 Å². The van der Waals surface area contributed by atoms with Crippen molar-refractivity contribution >= 4 is 24.3 Å². The molecular formula is C5H10ClFN2O3. The monoisotopic (exact) mass is 200 g/mol. The largest absolute Gasteiger partial charge is 0.480 e. The molecule has 0 radical (unpaired) electrons. The molecule has 0 unspecified atom stereocenters. The summed E-state index contributed by atoms with van der Waals surface area (Å²) >= 11 is 0. The Morgan fingerprint density at radius 1 is 1.50 bits per heavy atom. The molecule has 0 saturated heterocycles. The van der Waals surface area contributed by atoms with E-state index in [-0.39, 0.29) is 12.4 Å². The lowest BCUT2D eigenvalue weighted by molar-refractivity contribution is -0.139. The van der Waals surface area contributed by atoms with E-state index < -0.39 is 30.5 Å². The maximum absolute atomic E-state index is 12.3. The summed E-state index contributed by atoms with van der Waals surface area (Å²) in [5.74, 6) is -2.55. The molecule has 0 aromatic carbocycles. The van der Waals surface area contributed by atoms with Gasteiger partial charge in [-0.15, -0.1) is 12.4 Å². The average Bonchev–Trinajstić information content (AvgIpc) is 1.87. The summed E-state index contributed by atoms with van der Waals surface area (Å²) in [5, 5.41) is 8.17. The number of carbonyl (C=O) groups is 2. The van der Waals surface area contributed by atoms with E-state index in [0.29, 0.717) is 0 Å². The first-order valence-electron chi connectivity index (χ1n) is 2.87. The van der Waals surface area contributed by atoms with Gasteiger partial charge in [0.15, 0.2) is 6.17 Å². The zero-order valence-electron chi connectivity index (χ0n) is 6.07. The number of carboxylic acid groups (broad SMARTS) is 1. The van der Waals surface area contributed by atoms with Crippen LogP contribution in [0.15, 0.2) is 0 Å². The highest BCUT2D eigenvalue weighted by Crippen LogP contribution is 1.99. The van der Waals surface area contributed by atoms with Crippen molar-refractivity contribution in [1.29, 1.82) is 0 Å². The Morgan fingerprint density at radius 2 is 1.92 bits per heavy atom. The smallest absolute Gasteiger partial charge is 0.320 e. The van der Waals surface area contributed by atoms with Crippen molar-refractivity contribution in [3.8, 4) is 0 Å². The zero-order chi connectivity index (χ0) is 9.02. The van der Waals surface area contributed by atoms with Gasteiger partial charge >= 0.3 is 5.97 Å². The van der Waals surface area contributed by atoms with Gasteiger partial charge in [-0.05, 0) is 0 Å². The molecule has 0 aromatic rings. The van der Waals surface area contributed by atoms with Gasteiger partial charge in [0.2, 0.25) is 0 Å². The summed E-state index contributed by atoms with van der Waals surface area (Å²) in [6.45, 7) is 0. The third-order valence-corrected chi connectivity index (χ3v) is 1.09. The second-order valence-electron chi connectivity index (χ2n) is 2.05. The van der Waals surface area contributed by atoms with E-state index in [1.807, 2.05) is 0 Å². The van der Waals surface area contributed by atoms with Crippen molar-refractivity contribution in [3.05, 3.63) is 0 Å². The zero-order valence-corrected chi connectivity index (χ0v) is 6.88. The van der Waals surface area contributed by atoms with Gasteiger partial charge in [-0.3, -0.25) is 9.59 Å². The molecule has 72 valence electrons. The number of aliphatic carboxylic acids is 1. The Morgan fingerprint density at radius 3 is 2.17 bits per heavy atom. The summed E-state index contributed by atoms with van der Waals surface area (Å²) < 4.78 is 12.3. The molecule has 0 heterocycles. The first-order chi connectivity index (χ1) is 4.95. The van der Waals surface area contributed by atoms with Crippen LogP contribution in [0.25, 0.3) is 0 Å². The first-order valence-corrected chi connectivity index (χ1v) is 2.87. The quantitative estimate of drug-likeness (QED) is 0.543. The molecule has 5 N–H and O–H groups in total. The van der Waals surface area contributed by atoms with Crippen molar-refractivity contribution in [2.45, 2.75) is 18.6 Å². The maximum atomic E-state index is 12.3. The van der Waals surface area contributed by atoms with E-state index in [0.717, 1.165) is 0 Å². The highest BCUT2D eigenvalue weighted by Gasteiger charge is 2.21. The second-order valence-corrected chi connectivity index (χ2v) is 2.05. The van der Waals surface area contributed by atoms with E-state index in [2.05, 4.69) is 5.73 Å². The average molecular weight is 201 g/mol. The number of carboxylic acids is 1. The number of halogens is 2. The Labute approximate surface area is 74.3 Å². The van der Waals surface area contributed by atoms with Crippen molar-refractivity contribution in [1.82, 2.24) is 0 Å². The maximum Gasteiger partial charge on any atom is 0.320 e. The van der Waals surface area contributed by atoms with Gasteiger partial charge < -0.3 is 16.6 Å². The van der Waals surface area contributed by atoms with Crippen LogP contribution in [0.5, 0.6) is 0 Å². The summed E-state index contributed by atoms with van der Waals surface area (Å²) in [4.78, 5) is 20.1. The minimum absolute atomic E-state index is 0. The minimum Gasteiger partial charge on any atom is -0.480 e. The lowest BCUT2D eigenvalue weighted by atomic mass is 10.1. The number of rotatable bonds is 4. The molecule has 0 aliphatic heterocycles.